The van der Waals surface area contributed by atoms with E-state index in [1.165, 1.54) is 28.6 Å². The van der Waals surface area contributed by atoms with Gasteiger partial charge >= 0.3 is 0 Å². The number of rotatable bonds is 7. The van der Waals surface area contributed by atoms with Gasteiger partial charge in [0.15, 0.2) is 5.69 Å². The lowest BCUT2D eigenvalue weighted by Gasteiger charge is -2.15. The van der Waals surface area contributed by atoms with Crippen LogP contribution in [0.1, 0.15) is 43.0 Å². The highest BCUT2D eigenvalue weighted by Crippen LogP contribution is 2.39. The Morgan fingerprint density at radius 1 is 1.09 bits per heavy atom. The highest BCUT2D eigenvalue weighted by Gasteiger charge is 2.27. The molecule has 1 aliphatic rings. The Morgan fingerprint density at radius 3 is 2.59 bits per heavy atom. The van der Waals surface area contributed by atoms with Crippen LogP contribution in [-0.2, 0) is 16.6 Å². The lowest BCUT2D eigenvalue weighted by molar-refractivity contribution is 0.0995. The number of fused-ring (bicyclic) bond motifs is 1. The number of carbonyl (C=O) groups excluding carboxylic acids is 1. The summed E-state index contributed by atoms with van der Waals surface area (Å²) >= 11 is 0. The Bertz CT molecular complexity index is 1270. The molecule has 0 unspecified atom stereocenters. The summed E-state index contributed by atoms with van der Waals surface area (Å²) in [4.78, 5) is 12.8. The van der Waals surface area contributed by atoms with Gasteiger partial charge in [-0.2, -0.15) is 4.31 Å². The molecule has 0 aliphatic carbocycles. The SMILES string of the molecule is CCCCn1c(O)c(N=NC(=O)c2cccc(S(=O)(=O)N3CCCC3)c2)c2ccccc21. The second kappa shape index (κ2) is 9.22. The van der Waals surface area contributed by atoms with Gasteiger partial charge in [-0.15, -0.1) is 10.2 Å². The molecule has 8 nitrogen and oxygen atoms in total. The highest BCUT2D eigenvalue weighted by atomic mass is 32.2. The molecule has 0 radical (unpaired) electrons. The minimum absolute atomic E-state index is 0.0402. The second-order valence-corrected chi connectivity index (χ2v) is 9.78. The van der Waals surface area contributed by atoms with Crippen LogP contribution in [0.4, 0.5) is 5.69 Å². The van der Waals surface area contributed by atoms with Gasteiger partial charge in [-0.3, -0.25) is 4.79 Å². The Hall–Kier alpha value is -3.04. The average molecular weight is 455 g/mol. The van der Waals surface area contributed by atoms with Crippen molar-refractivity contribution in [3.63, 3.8) is 0 Å². The number of hydrogen-bond donors (Lipinski definition) is 1. The summed E-state index contributed by atoms with van der Waals surface area (Å²) in [5.74, 6) is -0.713. The molecule has 1 saturated heterocycles. The number of aromatic nitrogens is 1. The molecule has 1 amide bonds. The van der Waals surface area contributed by atoms with Crippen LogP contribution in [0.5, 0.6) is 5.88 Å². The molecule has 0 atom stereocenters. The molecule has 0 spiro atoms. The molecule has 1 aromatic heterocycles. The van der Waals surface area contributed by atoms with Crippen LogP contribution in [0, 0.1) is 0 Å². The van der Waals surface area contributed by atoms with Crippen LogP contribution in [0.3, 0.4) is 0 Å². The second-order valence-electron chi connectivity index (χ2n) is 7.84. The molecular weight excluding hydrogens is 428 g/mol. The maximum atomic E-state index is 12.8. The lowest BCUT2D eigenvalue weighted by Crippen LogP contribution is -2.27. The zero-order valence-electron chi connectivity index (χ0n) is 17.9. The molecule has 2 heterocycles. The molecule has 0 saturated carbocycles. The van der Waals surface area contributed by atoms with E-state index in [-0.39, 0.29) is 22.0 Å². The van der Waals surface area contributed by atoms with Crippen LogP contribution in [0.25, 0.3) is 10.9 Å². The van der Waals surface area contributed by atoms with Crippen molar-refractivity contribution >= 4 is 32.5 Å². The van der Waals surface area contributed by atoms with Crippen molar-refractivity contribution in [2.24, 2.45) is 10.2 Å². The molecule has 9 heteroatoms. The van der Waals surface area contributed by atoms with Crippen LogP contribution in [0.2, 0.25) is 0 Å². The van der Waals surface area contributed by atoms with E-state index in [2.05, 4.69) is 17.2 Å². The summed E-state index contributed by atoms with van der Waals surface area (Å²) in [6.45, 7) is 3.67. The minimum Gasteiger partial charge on any atom is -0.493 e. The lowest BCUT2D eigenvalue weighted by atomic mass is 10.2. The number of unbranched alkanes of at least 4 members (excludes halogenated alkanes) is 1. The molecule has 0 bridgehead atoms. The van der Waals surface area contributed by atoms with Crippen LogP contribution in [-0.4, -0.2) is 41.4 Å². The van der Waals surface area contributed by atoms with Gasteiger partial charge in [0.25, 0.3) is 5.91 Å². The topological polar surface area (TPSA) is 104 Å². The highest BCUT2D eigenvalue weighted by molar-refractivity contribution is 7.89. The smallest absolute Gasteiger partial charge is 0.295 e. The van der Waals surface area contributed by atoms with E-state index in [1.807, 2.05) is 24.3 Å². The zero-order chi connectivity index (χ0) is 22.7. The van der Waals surface area contributed by atoms with Crippen molar-refractivity contribution in [1.82, 2.24) is 8.87 Å². The monoisotopic (exact) mass is 454 g/mol. The van der Waals surface area contributed by atoms with Crippen molar-refractivity contribution in [1.29, 1.82) is 0 Å². The van der Waals surface area contributed by atoms with Crippen molar-refractivity contribution in [2.45, 2.75) is 44.0 Å². The summed E-state index contributed by atoms with van der Waals surface area (Å²) in [6.07, 6.45) is 3.53. The normalized spacial score (nSPS) is 15.2. The number of nitrogens with zero attached hydrogens (tertiary/aromatic N) is 4. The maximum Gasteiger partial charge on any atom is 0.295 e. The number of sulfonamides is 1. The standard InChI is InChI=1S/C23H26N4O4S/c1-2-3-15-27-20-12-5-4-11-19(20)21(23(27)29)24-25-22(28)17-9-8-10-18(16-17)32(30,31)26-13-6-7-14-26/h4-5,8-12,16,29H,2-3,6-7,13-15H2,1H3. The number of aryl methyl sites for hydroxylation is 1. The number of amides is 1. The fourth-order valence-electron chi connectivity index (χ4n) is 3.93. The van der Waals surface area contributed by atoms with Crippen molar-refractivity contribution in [2.75, 3.05) is 13.1 Å². The minimum atomic E-state index is -3.64. The predicted octanol–water partition coefficient (Wildman–Crippen LogP) is 4.86. The van der Waals surface area contributed by atoms with Gasteiger partial charge in [0.1, 0.15) is 0 Å². The van der Waals surface area contributed by atoms with Gasteiger partial charge in [-0.05, 0) is 43.5 Å². The Kier molecular flexibility index (Phi) is 6.38. The summed E-state index contributed by atoms with van der Waals surface area (Å²) in [6, 6.07) is 13.3. The van der Waals surface area contributed by atoms with E-state index in [0.717, 1.165) is 31.2 Å². The van der Waals surface area contributed by atoms with Crippen LogP contribution in [0.15, 0.2) is 63.7 Å². The Morgan fingerprint density at radius 2 is 1.84 bits per heavy atom. The maximum absolute atomic E-state index is 12.8. The van der Waals surface area contributed by atoms with E-state index in [0.29, 0.717) is 25.0 Å². The van der Waals surface area contributed by atoms with Crippen molar-refractivity contribution < 1.29 is 18.3 Å². The fraction of sp³-hybridized carbons (Fsp3) is 0.348. The zero-order valence-corrected chi connectivity index (χ0v) is 18.8. The number of aromatic hydroxyl groups is 1. The van der Waals surface area contributed by atoms with E-state index in [1.54, 1.807) is 4.57 Å². The van der Waals surface area contributed by atoms with Gasteiger partial charge < -0.3 is 9.67 Å². The van der Waals surface area contributed by atoms with E-state index in [4.69, 9.17) is 0 Å². The summed E-state index contributed by atoms with van der Waals surface area (Å²) in [5.41, 5.74) is 1.17. The van der Waals surface area contributed by atoms with Crippen molar-refractivity contribution in [3.05, 3.63) is 54.1 Å². The number of para-hydroxylation sites is 1. The van der Waals surface area contributed by atoms with E-state index >= 15 is 0 Å². The average Bonchev–Trinajstić information content (AvgIpc) is 3.44. The molecule has 3 aromatic rings. The number of hydrogen-bond acceptors (Lipinski definition) is 5. The van der Waals surface area contributed by atoms with E-state index < -0.39 is 15.9 Å². The fourth-order valence-corrected chi connectivity index (χ4v) is 5.50. The first-order chi connectivity index (χ1) is 15.4. The first-order valence-electron chi connectivity index (χ1n) is 10.8. The summed E-state index contributed by atoms with van der Waals surface area (Å²) in [5, 5.41) is 19.3. The predicted molar refractivity (Wildman–Crippen MR) is 122 cm³/mol. The molecular formula is C23H26N4O4S. The molecule has 2 aromatic carbocycles. The number of carbonyl (C=O) groups is 1. The van der Waals surface area contributed by atoms with Gasteiger partial charge in [-0.25, -0.2) is 8.42 Å². The molecule has 4 rings (SSSR count). The first kappa shape index (κ1) is 22.2. The van der Waals surface area contributed by atoms with Gasteiger partial charge in [-0.1, -0.05) is 37.6 Å². The Balaban J connectivity index is 1.63. The summed E-state index contributed by atoms with van der Waals surface area (Å²) < 4.78 is 28.8. The number of benzene rings is 2. The quantitative estimate of drug-likeness (QED) is 0.515. The molecule has 1 fully saturated rings. The largest absolute Gasteiger partial charge is 0.493 e. The van der Waals surface area contributed by atoms with Gasteiger partial charge in [0.2, 0.25) is 15.9 Å². The molecule has 1 N–H and O–H groups in total. The molecule has 168 valence electrons. The number of azo groups is 1. The van der Waals surface area contributed by atoms with E-state index in [9.17, 15) is 18.3 Å². The van der Waals surface area contributed by atoms with Gasteiger partial charge in [0, 0.05) is 30.6 Å². The third kappa shape index (κ3) is 4.18. The third-order valence-corrected chi connectivity index (χ3v) is 7.57. The Labute approximate surface area is 187 Å². The van der Waals surface area contributed by atoms with Crippen molar-refractivity contribution in [3.8, 4) is 5.88 Å². The van der Waals surface area contributed by atoms with Crippen LogP contribution < -0.4 is 0 Å². The molecule has 1 aliphatic heterocycles. The van der Waals surface area contributed by atoms with Crippen LogP contribution >= 0.6 is 0 Å². The first-order valence-corrected chi connectivity index (χ1v) is 12.2. The third-order valence-electron chi connectivity index (χ3n) is 5.68. The molecule has 32 heavy (non-hydrogen) atoms. The van der Waals surface area contributed by atoms with Gasteiger partial charge in [0.05, 0.1) is 10.4 Å². The summed E-state index contributed by atoms with van der Waals surface area (Å²) in [7, 11) is -3.64.